The zero-order chi connectivity index (χ0) is 30.0. The van der Waals surface area contributed by atoms with Crippen molar-refractivity contribution in [3.05, 3.63) is 23.3 Å². The molecule has 0 radical (unpaired) electrons. The number of carboxylic acids is 2. The summed E-state index contributed by atoms with van der Waals surface area (Å²) in [4.78, 5) is 49.9. The van der Waals surface area contributed by atoms with Gasteiger partial charge in [-0.15, -0.1) is 0 Å². The molecule has 3 N–H and O–H groups in total. The van der Waals surface area contributed by atoms with Crippen LogP contribution in [-0.4, -0.2) is 51.2 Å². The number of ketones is 1. The average Bonchev–Trinajstić information content (AvgIpc) is 3.03. The van der Waals surface area contributed by atoms with Crippen molar-refractivity contribution in [2.75, 3.05) is 0 Å². The van der Waals surface area contributed by atoms with E-state index in [-0.39, 0.29) is 29.5 Å². The van der Waals surface area contributed by atoms with Crippen molar-refractivity contribution in [2.24, 2.45) is 45.3 Å². The molecule has 10 atom stereocenters. The van der Waals surface area contributed by atoms with E-state index in [2.05, 4.69) is 26.8 Å². The number of esters is 1. The van der Waals surface area contributed by atoms with Crippen LogP contribution in [-0.2, 0) is 23.9 Å². The van der Waals surface area contributed by atoms with Gasteiger partial charge in [-0.2, -0.15) is 0 Å². The van der Waals surface area contributed by atoms with Gasteiger partial charge in [0.15, 0.2) is 5.78 Å². The number of carbonyl (C=O) groups excluding carboxylic acids is 2. The maximum atomic E-state index is 12.8. The van der Waals surface area contributed by atoms with Crippen LogP contribution >= 0.6 is 0 Å². The summed E-state index contributed by atoms with van der Waals surface area (Å²) in [7, 11) is 0. The molecule has 40 heavy (non-hydrogen) atoms. The average molecular weight is 559 g/mol. The number of aliphatic hydroxyl groups is 1. The van der Waals surface area contributed by atoms with Crippen molar-refractivity contribution in [3.63, 3.8) is 0 Å². The normalized spacial score (nSPS) is 42.8. The number of ether oxygens (including phenoxy) is 1. The molecule has 4 aliphatic rings. The summed E-state index contributed by atoms with van der Waals surface area (Å²) in [5.74, 6) is -4.48. The number of hydrogen-bond acceptors (Lipinski definition) is 6. The first-order valence-electron chi connectivity index (χ1n) is 14.6. The van der Waals surface area contributed by atoms with Crippen LogP contribution in [0.1, 0.15) is 93.4 Å². The third-order valence-corrected chi connectivity index (χ3v) is 11.9. The van der Waals surface area contributed by atoms with E-state index < -0.39 is 58.2 Å². The van der Waals surface area contributed by atoms with E-state index >= 15 is 0 Å². The molecule has 4 rings (SSSR count). The molecule has 0 aliphatic heterocycles. The summed E-state index contributed by atoms with van der Waals surface area (Å²) in [6, 6.07) is 0. The second-order valence-electron chi connectivity index (χ2n) is 14.2. The molecule has 3 saturated carbocycles. The van der Waals surface area contributed by atoms with E-state index in [4.69, 9.17) is 4.74 Å². The fourth-order valence-corrected chi connectivity index (χ4v) is 9.85. The molecule has 0 aromatic carbocycles. The number of fused-ring (bicyclic) bond motifs is 5. The van der Waals surface area contributed by atoms with Crippen LogP contribution < -0.4 is 0 Å². The predicted octanol–water partition coefficient (Wildman–Crippen LogP) is 5.19. The number of allylic oxidation sites excluding steroid dienone is 4. The summed E-state index contributed by atoms with van der Waals surface area (Å²) in [6.07, 6.45) is 5.43. The number of aliphatic carboxylic acids is 2. The smallest absolute Gasteiger partial charge is 0.313 e. The fraction of sp³-hybridized carbons (Fsp3) is 0.750. The minimum Gasteiger partial charge on any atom is -0.481 e. The molecule has 0 bridgehead atoms. The van der Waals surface area contributed by atoms with Gasteiger partial charge in [-0.25, -0.2) is 0 Å². The highest BCUT2D eigenvalue weighted by Gasteiger charge is 2.70. The van der Waals surface area contributed by atoms with Crippen LogP contribution in [0, 0.1) is 45.3 Å². The summed E-state index contributed by atoms with van der Waals surface area (Å²) < 4.78 is 5.58. The fourth-order valence-electron chi connectivity index (χ4n) is 9.85. The first-order chi connectivity index (χ1) is 18.4. The molecule has 0 aromatic heterocycles. The SMILES string of the molecule is CC(=O)O[C@@H]1CC[C@@]2(C)[C@@H](CC=C3[C@@H]2CC[C@@]2(C)[C@H]([C@@H](CC(=O)C=C(C)C)C(=O)O)[C@@H](O)C[C@]32C)[C@]1(C)C(=O)O. The summed E-state index contributed by atoms with van der Waals surface area (Å²) in [5.41, 5.74) is -0.623. The molecule has 0 spiro atoms. The maximum absolute atomic E-state index is 12.8. The van der Waals surface area contributed by atoms with E-state index in [1.807, 2.05) is 0 Å². The molecule has 4 aliphatic carbocycles. The van der Waals surface area contributed by atoms with E-state index in [1.165, 1.54) is 18.6 Å². The van der Waals surface area contributed by atoms with Gasteiger partial charge in [0.25, 0.3) is 0 Å². The Morgan fingerprint density at radius 3 is 2.25 bits per heavy atom. The van der Waals surface area contributed by atoms with Crippen molar-refractivity contribution in [1.29, 1.82) is 0 Å². The maximum Gasteiger partial charge on any atom is 0.313 e. The van der Waals surface area contributed by atoms with E-state index in [9.17, 15) is 34.5 Å². The van der Waals surface area contributed by atoms with Gasteiger partial charge in [-0.1, -0.05) is 38.0 Å². The Bertz CT molecular complexity index is 1170. The van der Waals surface area contributed by atoms with E-state index in [0.717, 1.165) is 12.0 Å². The Balaban J connectivity index is 1.74. The van der Waals surface area contributed by atoms with E-state index in [0.29, 0.717) is 32.1 Å². The zero-order valence-electron chi connectivity index (χ0n) is 25.0. The van der Waals surface area contributed by atoms with Gasteiger partial charge in [-0.3, -0.25) is 19.2 Å². The molecule has 0 heterocycles. The summed E-state index contributed by atoms with van der Waals surface area (Å²) >= 11 is 0. The Morgan fingerprint density at radius 1 is 1.05 bits per heavy atom. The van der Waals surface area contributed by atoms with Crippen molar-refractivity contribution in [3.8, 4) is 0 Å². The minimum absolute atomic E-state index is 0.0720. The molecule has 0 amide bonds. The Kier molecular flexibility index (Phi) is 7.70. The highest BCUT2D eigenvalue weighted by atomic mass is 16.5. The molecule has 8 nitrogen and oxygen atoms in total. The lowest BCUT2D eigenvalue weighted by Gasteiger charge is -2.63. The number of rotatable bonds is 7. The standard InChI is InChI=1S/C32H46O8/c1-17(2)14-19(34)15-20(27(36)37)26-23(35)16-31(6)22-8-9-24-29(4,21(22)10-13-30(26,31)5)12-11-25(40-18(3)33)32(24,7)28(38)39/h8,14,20-21,23-26,35H,9-13,15-16H2,1-7H3,(H,36,37)(H,38,39)/t20-,21+,23+,24-,25-,26-,29-,30+,31-,32+/m1/s1. The quantitative estimate of drug-likeness (QED) is 0.221. The van der Waals surface area contributed by atoms with Crippen LogP contribution in [0.3, 0.4) is 0 Å². The number of carboxylic acid groups (broad SMARTS) is 2. The largest absolute Gasteiger partial charge is 0.481 e. The monoisotopic (exact) mass is 558 g/mol. The Hall–Kier alpha value is -2.48. The Morgan fingerprint density at radius 2 is 1.70 bits per heavy atom. The number of hydrogen-bond donors (Lipinski definition) is 3. The van der Waals surface area contributed by atoms with Gasteiger partial charge in [0.05, 0.1) is 12.0 Å². The molecular formula is C32H46O8. The van der Waals surface area contributed by atoms with Crippen molar-refractivity contribution >= 4 is 23.7 Å². The van der Waals surface area contributed by atoms with Crippen molar-refractivity contribution in [2.45, 2.75) is 106 Å². The third kappa shape index (κ3) is 4.36. The van der Waals surface area contributed by atoms with Gasteiger partial charge in [0.1, 0.15) is 11.5 Å². The van der Waals surface area contributed by atoms with Crippen LogP contribution in [0.25, 0.3) is 0 Å². The first-order valence-corrected chi connectivity index (χ1v) is 14.6. The Labute approximate surface area is 237 Å². The number of aliphatic hydroxyl groups excluding tert-OH is 1. The van der Waals surface area contributed by atoms with Gasteiger partial charge < -0.3 is 20.1 Å². The van der Waals surface area contributed by atoms with Crippen LogP contribution in [0.2, 0.25) is 0 Å². The molecule has 3 fully saturated rings. The predicted molar refractivity (Wildman–Crippen MR) is 148 cm³/mol. The van der Waals surface area contributed by atoms with Crippen LogP contribution in [0.4, 0.5) is 0 Å². The molecule has 222 valence electrons. The molecular weight excluding hydrogens is 512 g/mol. The topological polar surface area (TPSA) is 138 Å². The molecule has 0 aromatic rings. The van der Waals surface area contributed by atoms with E-state index in [1.54, 1.807) is 20.8 Å². The van der Waals surface area contributed by atoms with Gasteiger partial charge in [-0.05, 0) is 93.5 Å². The van der Waals surface area contributed by atoms with Crippen molar-refractivity contribution in [1.82, 2.24) is 0 Å². The summed E-state index contributed by atoms with van der Waals surface area (Å²) in [6.45, 7) is 13.0. The lowest BCUT2D eigenvalue weighted by molar-refractivity contribution is -0.195. The molecule has 0 saturated heterocycles. The van der Waals surface area contributed by atoms with Crippen LogP contribution in [0.15, 0.2) is 23.3 Å². The zero-order valence-corrected chi connectivity index (χ0v) is 25.0. The van der Waals surface area contributed by atoms with Crippen LogP contribution in [0.5, 0.6) is 0 Å². The van der Waals surface area contributed by atoms with Gasteiger partial charge in [0.2, 0.25) is 0 Å². The highest BCUT2D eigenvalue weighted by Crippen LogP contribution is 2.73. The second-order valence-corrected chi connectivity index (χ2v) is 14.2. The summed E-state index contributed by atoms with van der Waals surface area (Å²) in [5, 5.41) is 32.2. The lowest BCUT2D eigenvalue weighted by Crippen LogP contribution is -2.61. The van der Waals surface area contributed by atoms with Gasteiger partial charge >= 0.3 is 17.9 Å². The minimum atomic E-state index is -1.24. The second kappa shape index (κ2) is 10.1. The van der Waals surface area contributed by atoms with Crippen molar-refractivity contribution < 1.29 is 39.2 Å². The molecule has 8 heteroatoms. The number of carbonyl (C=O) groups is 4. The lowest BCUT2D eigenvalue weighted by atomic mass is 9.40. The third-order valence-electron chi connectivity index (χ3n) is 11.9. The van der Waals surface area contributed by atoms with Gasteiger partial charge in [0, 0.05) is 19.3 Å². The molecule has 0 unspecified atom stereocenters. The first kappa shape index (κ1) is 30.5. The highest BCUT2D eigenvalue weighted by molar-refractivity contribution is 5.93.